The SMILES string of the molecule is CCCCCCCCN=c1ccn(CCCCCCCCCCN2C=CC(N)C=C2)cc1. The Labute approximate surface area is 197 Å². The molecule has 1 aliphatic rings. The van der Waals surface area contributed by atoms with Crippen molar-refractivity contribution in [2.45, 2.75) is 109 Å². The van der Waals surface area contributed by atoms with Crippen LogP contribution < -0.4 is 11.1 Å². The van der Waals surface area contributed by atoms with E-state index in [0.29, 0.717) is 0 Å². The molecule has 2 rings (SSSR count). The summed E-state index contributed by atoms with van der Waals surface area (Å²) in [6, 6.07) is 4.43. The average Bonchev–Trinajstić information content (AvgIpc) is 2.82. The summed E-state index contributed by atoms with van der Waals surface area (Å²) >= 11 is 0. The number of nitrogens with zero attached hydrogens (tertiary/aromatic N) is 3. The summed E-state index contributed by atoms with van der Waals surface area (Å²) in [6.45, 7) is 5.47. The lowest BCUT2D eigenvalue weighted by molar-refractivity contribution is 0.456. The highest BCUT2D eigenvalue weighted by molar-refractivity contribution is 5.10. The maximum absolute atomic E-state index is 5.81. The van der Waals surface area contributed by atoms with E-state index >= 15 is 0 Å². The molecular weight excluding hydrogens is 392 g/mol. The molecule has 180 valence electrons. The van der Waals surface area contributed by atoms with Gasteiger partial charge in [0.1, 0.15) is 0 Å². The summed E-state index contributed by atoms with van der Waals surface area (Å²) in [7, 11) is 0. The Balaban J connectivity index is 1.41. The first-order valence-electron chi connectivity index (χ1n) is 13.3. The highest BCUT2D eigenvalue weighted by atomic mass is 15.1. The van der Waals surface area contributed by atoms with Gasteiger partial charge in [0, 0.05) is 50.5 Å². The third-order valence-corrected chi connectivity index (χ3v) is 6.26. The van der Waals surface area contributed by atoms with Crippen LogP contribution in [0.5, 0.6) is 0 Å². The molecule has 0 saturated carbocycles. The Kier molecular flexibility index (Phi) is 14.6. The smallest absolute Gasteiger partial charge is 0.0603 e. The van der Waals surface area contributed by atoms with Crippen molar-refractivity contribution in [2.24, 2.45) is 10.7 Å². The number of unbranched alkanes of at least 4 members (excludes halogenated alkanes) is 12. The van der Waals surface area contributed by atoms with Crippen LogP contribution in [0.1, 0.15) is 96.8 Å². The molecule has 0 bridgehead atoms. The Hall–Kier alpha value is -1.81. The highest BCUT2D eigenvalue weighted by Gasteiger charge is 2.02. The van der Waals surface area contributed by atoms with Crippen molar-refractivity contribution in [2.75, 3.05) is 13.1 Å². The minimum atomic E-state index is 0.0965. The highest BCUT2D eigenvalue weighted by Crippen LogP contribution is 2.11. The van der Waals surface area contributed by atoms with Crippen LogP contribution in [0, 0.1) is 0 Å². The van der Waals surface area contributed by atoms with Crippen molar-refractivity contribution >= 4 is 0 Å². The summed E-state index contributed by atoms with van der Waals surface area (Å²) < 4.78 is 2.31. The molecule has 0 spiro atoms. The first-order valence-corrected chi connectivity index (χ1v) is 13.3. The summed E-state index contributed by atoms with van der Waals surface area (Å²) in [5.74, 6) is 0. The predicted octanol–water partition coefficient (Wildman–Crippen LogP) is 6.54. The van der Waals surface area contributed by atoms with Gasteiger partial charge in [-0.05, 0) is 43.5 Å². The van der Waals surface area contributed by atoms with Gasteiger partial charge in [-0.2, -0.15) is 0 Å². The lowest BCUT2D eigenvalue weighted by Crippen LogP contribution is -2.22. The third-order valence-electron chi connectivity index (χ3n) is 6.26. The van der Waals surface area contributed by atoms with E-state index in [1.807, 2.05) is 0 Å². The van der Waals surface area contributed by atoms with Crippen LogP contribution in [-0.2, 0) is 6.54 Å². The van der Waals surface area contributed by atoms with Gasteiger partial charge in [-0.1, -0.05) is 77.6 Å². The molecule has 0 saturated heterocycles. The van der Waals surface area contributed by atoms with E-state index in [2.05, 4.69) is 65.5 Å². The summed E-state index contributed by atoms with van der Waals surface area (Å²) in [5, 5.41) is 1.13. The van der Waals surface area contributed by atoms with Gasteiger partial charge in [0.25, 0.3) is 0 Å². The maximum atomic E-state index is 5.81. The Morgan fingerprint density at radius 3 is 1.88 bits per heavy atom. The van der Waals surface area contributed by atoms with Gasteiger partial charge in [0.2, 0.25) is 0 Å². The van der Waals surface area contributed by atoms with E-state index in [0.717, 1.165) is 25.0 Å². The molecule has 4 nitrogen and oxygen atoms in total. The van der Waals surface area contributed by atoms with Crippen LogP contribution in [0.2, 0.25) is 0 Å². The molecule has 0 fully saturated rings. The van der Waals surface area contributed by atoms with Crippen LogP contribution >= 0.6 is 0 Å². The summed E-state index contributed by atoms with van der Waals surface area (Å²) in [4.78, 5) is 6.97. The van der Waals surface area contributed by atoms with Crippen molar-refractivity contribution in [3.8, 4) is 0 Å². The molecule has 0 atom stereocenters. The monoisotopic (exact) mass is 440 g/mol. The summed E-state index contributed by atoms with van der Waals surface area (Å²) in [6.07, 6.45) is 31.4. The molecule has 2 heterocycles. The van der Waals surface area contributed by atoms with Gasteiger partial charge >= 0.3 is 0 Å². The zero-order valence-electron chi connectivity index (χ0n) is 20.6. The van der Waals surface area contributed by atoms with Crippen molar-refractivity contribution in [3.05, 3.63) is 54.4 Å². The van der Waals surface area contributed by atoms with Gasteiger partial charge in [0.05, 0.1) is 5.36 Å². The average molecular weight is 441 g/mol. The van der Waals surface area contributed by atoms with Gasteiger partial charge in [-0.15, -0.1) is 0 Å². The molecule has 1 aromatic rings. The van der Waals surface area contributed by atoms with Gasteiger partial charge in [-0.25, -0.2) is 0 Å². The second kappa shape index (κ2) is 17.7. The lowest BCUT2D eigenvalue weighted by Gasteiger charge is -2.19. The summed E-state index contributed by atoms with van der Waals surface area (Å²) in [5.41, 5.74) is 5.81. The van der Waals surface area contributed by atoms with Crippen molar-refractivity contribution in [3.63, 3.8) is 0 Å². The van der Waals surface area contributed by atoms with Gasteiger partial charge < -0.3 is 15.2 Å². The number of aryl methyl sites for hydroxylation is 1. The largest absolute Gasteiger partial charge is 0.355 e. The third kappa shape index (κ3) is 12.9. The van der Waals surface area contributed by atoms with Crippen LogP contribution in [0.25, 0.3) is 0 Å². The topological polar surface area (TPSA) is 46.5 Å². The molecule has 4 heteroatoms. The molecule has 0 aliphatic carbocycles. The number of rotatable bonds is 18. The molecular formula is C28H48N4. The standard InChI is InChI=1S/C28H48N4/c1-2-3-4-5-10-13-20-30-28-18-25-32(26-19-28)22-15-12-9-7-6-8-11-14-21-31-23-16-27(29)17-24-31/h16-19,23-27H,2-15,20-22,29H2,1H3. The maximum Gasteiger partial charge on any atom is 0.0603 e. The number of nitrogens with two attached hydrogens (primary N) is 1. The van der Waals surface area contributed by atoms with Crippen molar-refractivity contribution in [1.29, 1.82) is 0 Å². The normalized spacial score (nSPS) is 13.8. The number of aromatic nitrogens is 1. The van der Waals surface area contributed by atoms with Crippen LogP contribution in [-0.4, -0.2) is 28.6 Å². The number of hydrogen-bond acceptors (Lipinski definition) is 3. The molecule has 2 N–H and O–H groups in total. The Bertz CT molecular complexity index is 669. The van der Waals surface area contributed by atoms with E-state index in [1.165, 1.54) is 89.9 Å². The van der Waals surface area contributed by atoms with Crippen LogP contribution in [0.15, 0.2) is 54.1 Å². The predicted molar refractivity (Wildman–Crippen MR) is 138 cm³/mol. The quantitative estimate of drug-likeness (QED) is 0.263. The van der Waals surface area contributed by atoms with Crippen molar-refractivity contribution < 1.29 is 0 Å². The van der Waals surface area contributed by atoms with Crippen LogP contribution in [0.3, 0.4) is 0 Å². The second-order valence-corrected chi connectivity index (χ2v) is 9.27. The zero-order valence-corrected chi connectivity index (χ0v) is 20.6. The number of hydrogen-bond donors (Lipinski definition) is 1. The van der Waals surface area contributed by atoms with Gasteiger partial charge in [-0.3, -0.25) is 4.99 Å². The van der Waals surface area contributed by atoms with Crippen LogP contribution in [0.4, 0.5) is 0 Å². The Morgan fingerprint density at radius 1 is 0.719 bits per heavy atom. The number of pyridine rings is 1. The zero-order chi connectivity index (χ0) is 22.7. The fraction of sp³-hybridized carbons (Fsp3) is 0.679. The van der Waals surface area contributed by atoms with E-state index in [4.69, 9.17) is 10.7 Å². The molecule has 32 heavy (non-hydrogen) atoms. The van der Waals surface area contributed by atoms with E-state index in [1.54, 1.807) is 0 Å². The fourth-order valence-corrected chi connectivity index (χ4v) is 4.14. The minimum Gasteiger partial charge on any atom is -0.355 e. The first kappa shape index (κ1) is 26.4. The van der Waals surface area contributed by atoms with Gasteiger partial charge in [0.15, 0.2) is 0 Å². The first-order chi connectivity index (χ1) is 15.8. The molecule has 1 aromatic heterocycles. The van der Waals surface area contributed by atoms with Crippen molar-refractivity contribution in [1.82, 2.24) is 9.47 Å². The molecule has 0 amide bonds. The van der Waals surface area contributed by atoms with E-state index in [-0.39, 0.29) is 6.04 Å². The van der Waals surface area contributed by atoms with E-state index < -0.39 is 0 Å². The Morgan fingerprint density at radius 2 is 1.25 bits per heavy atom. The minimum absolute atomic E-state index is 0.0965. The second-order valence-electron chi connectivity index (χ2n) is 9.27. The van der Waals surface area contributed by atoms with E-state index in [9.17, 15) is 0 Å². The lowest BCUT2D eigenvalue weighted by atomic mass is 10.1. The molecule has 0 unspecified atom stereocenters. The molecule has 0 radical (unpaired) electrons. The molecule has 1 aliphatic heterocycles. The molecule has 0 aromatic carbocycles. The fourth-order valence-electron chi connectivity index (χ4n) is 4.14.